The Bertz CT molecular complexity index is 317. The van der Waals surface area contributed by atoms with Gasteiger partial charge in [0.2, 0.25) is 0 Å². The summed E-state index contributed by atoms with van der Waals surface area (Å²) >= 11 is 1.89. The molecule has 1 rings (SSSR count). The molecule has 1 unspecified atom stereocenters. The van der Waals surface area contributed by atoms with E-state index in [1.807, 2.05) is 23.9 Å². The summed E-state index contributed by atoms with van der Waals surface area (Å²) in [5, 5.41) is 3.42. The van der Waals surface area contributed by atoms with Crippen molar-refractivity contribution < 1.29 is 4.39 Å². The van der Waals surface area contributed by atoms with E-state index in [-0.39, 0.29) is 11.9 Å². The minimum Gasteiger partial charge on any atom is -0.309 e. The summed E-state index contributed by atoms with van der Waals surface area (Å²) in [6.45, 7) is 5.24. The maximum Gasteiger partial charge on any atom is 0.128 e. The molecule has 0 aromatic heterocycles. The molecule has 1 nitrogen and oxygen atoms in total. The molecule has 1 aromatic carbocycles. The van der Waals surface area contributed by atoms with Gasteiger partial charge in [-0.15, -0.1) is 0 Å². The van der Waals surface area contributed by atoms with Crippen LogP contribution in [0.1, 0.15) is 38.3 Å². The van der Waals surface area contributed by atoms with Crippen molar-refractivity contribution in [1.82, 2.24) is 5.32 Å². The Morgan fingerprint density at radius 2 is 2.00 bits per heavy atom. The SMILES string of the molecule is CCCNC(CSCCC)c1ccccc1F. The van der Waals surface area contributed by atoms with Gasteiger partial charge in [-0.1, -0.05) is 32.0 Å². The van der Waals surface area contributed by atoms with Crippen LogP contribution in [0.3, 0.4) is 0 Å². The van der Waals surface area contributed by atoms with E-state index >= 15 is 0 Å². The number of benzene rings is 1. The van der Waals surface area contributed by atoms with Crippen molar-refractivity contribution in [2.75, 3.05) is 18.1 Å². The first-order valence-electron chi connectivity index (χ1n) is 6.35. The van der Waals surface area contributed by atoms with Crippen LogP contribution in [0.25, 0.3) is 0 Å². The predicted molar refractivity (Wildman–Crippen MR) is 75.1 cm³/mol. The lowest BCUT2D eigenvalue weighted by Gasteiger charge is -2.19. The van der Waals surface area contributed by atoms with Gasteiger partial charge >= 0.3 is 0 Å². The number of hydrogen-bond acceptors (Lipinski definition) is 2. The maximum absolute atomic E-state index is 13.7. The van der Waals surface area contributed by atoms with Gasteiger partial charge in [0, 0.05) is 17.4 Å². The van der Waals surface area contributed by atoms with E-state index in [4.69, 9.17) is 0 Å². The molecule has 0 fully saturated rings. The minimum absolute atomic E-state index is 0.0989. The van der Waals surface area contributed by atoms with Crippen LogP contribution in [0, 0.1) is 5.82 Å². The molecule has 0 aliphatic rings. The molecule has 17 heavy (non-hydrogen) atoms. The quantitative estimate of drug-likeness (QED) is 0.704. The van der Waals surface area contributed by atoms with Crippen molar-refractivity contribution >= 4 is 11.8 Å². The van der Waals surface area contributed by atoms with Crippen LogP contribution in [-0.2, 0) is 0 Å². The number of thioether (sulfide) groups is 1. The smallest absolute Gasteiger partial charge is 0.128 e. The van der Waals surface area contributed by atoms with Gasteiger partial charge in [-0.3, -0.25) is 0 Å². The van der Waals surface area contributed by atoms with Crippen LogP contribution in [0.15, 0.2) is 24.3 Å². The molecule has 96 valence electrons. The maximum atomic E-state index is 13.7. The monoisotopic (exact) mass is 255 g/mol. The summed E-state index contributed by atoms with van der Waals surface area (Å²) < 4.78 is 13.7. The molecular formula is C14H22FNS. The highest BCUT2D eigenvalue weighted by molar-refractivity contribution is 7.99. The van der Waals surface area contributed by atoms with Crippen LogP contribution < -0.4 is 5.32 Å². The summed E-state index contributed by atoms with van der Waals surface area (Å²) in [6, 6.07) is 7.21. The van der Waals surface area contributed by atoms with E-state index in [0.717, 1.165) is 30.0 Å². The first-order chi connectivity index (χ1) is 8.29. The molecule has 1 aromatic rings. The first-order valence-corrected chi connectivity index (χ1v) is 7.50. The molecule has 1 N–H and O–H groups in total. The Balaban J connectivity index is 2.64. The second-order valence-electron chi connectivity index (χ2n) is 4.10. The summed E-state index contributed by atoms with van der Waals surface area (Å²) in [5.41, 5.74) is 0.796. The topological polar surface area (TPSA) is 12.0 Å². The van der Waals surface area contributed by atoms with Crippen molar-refractivity contribution in [2.45, 2.75) is 32.7 Å². The predicted octanol–water partition coefficient (Wildman–Crippen LogP) is 4.01. The fourth-order valence-electron chi connectivity index (χ4n) is 1.68. The third-order valence-electron chi connectivity index (χ3n) is 2.55. The Morgan fingerprint density at radius 3 is 2.65 bits per heavy atom. The highest BCUT2D eigenvalue weighted by Gasteiger charge is 2.14. The zero-order chi connectivity index (χ0) is 12.5. The number of rotatable bonds is 8. The number of hydrogen-bond donors (Lipinski definition) is 1. The largest absolute Gasteiger partial charge is 0.309 e. The molecule has 0 radical (unpaired) electrons. The van der Waals surface area contributed by atoms with Gasteiger partial charge in [0.05, 0.1) is 0 Å². The van der Waals surface area contributed by atoms with E-state index in [1.54, 1.807) is 12.1 Å². The Morgan fingerprint density at radius 1 is 1.24 bits per heavy atom. The summed E-state index contributed by atoms with van der Waals surface area (Å²) in [6.07, 6.45) is 2.24. The molecule has 0 saturated heterocycles. The summed E-state index contributed by atoms with van der Waals surface area (Å²) in [5.74, 6) is 1.98. The molecule has 0 amide bonds. The van der Waals surface area contributed by atoms with Gasteiger partial charge < -0.3 is 5.32 Å². The lowest BCUT2D eigenvalue weighted by atomic mass is 10.1. The van der Waals surface area contributed by atoms with Crippen LogP contribution in [-0.4, -0.2) is 18.1 Å². The average Bonchev–Trinajstić information content (AvgIpc) is 2.35. The van der Waals surface area contributed by atoms with Crippen molar-refractivity contribution in [3.63, 3.8) is 0 Å². The molecule has 1 atom stereocenters. The standard InChI is InChI=1S/C14H22FNS/c1-3-9-16-14(11-17-10-4-2)12-7-5-6-8-13(12)15/h5-8,14,16H,3-4,9-11H2,1-2H3. The van der Waals surface area contributed by atoms with E-state index in [1.165, 1.54) is 6.42 Å². The van der Waals surface area contributed by atoms with E-state index < -0.39 is 0 Å². The van der Waals surface area contributed by atoms with Gasteiger partial charge in [-0.25, -0.2) is 4.39 Å². The average molecular weight is 255 g/mol. The molecule has 0 saturated carbocycles. The fourth-order valence-corrected chi connectivity index (χ4v) is 2.67. The van der Waals surface area contributed by atoms with Crippen LogP contribution in [0.2, 0.25) is 0 Å². The van der Waals surface area contributed by atoms with Gasteiger partial charge in [0.25, 0.3) is 0 Å². The third-order valence-corrected chi connectivity index (χ3v) is 3.82. The summed E-state index contributed by atoms with van der Waals surface area (Å²) in [4.78, 5) is 0. The number of nitrogens with one attached hydrogen (secondary N) is 1. The summed E-state index contributed by atoms with van der Waals surface area (Å²) in [7, 11) is 0. The van der Waals surface area contributed by atoms with Gasteiger partial charge in [-0.2, -0.15) is 11.8 Å². The van der Waals surface area contributed by atoms with Gasteiger partial charge in [0.1, 0.15) is 5.82 Å². The Kier molecular flexibility index (Phi) is 7.29. The third kappa shape index (κ3) is 5.09. The fraction of sp³-hybridized carbons (Fsp3) is 0.571. The van der Waals surface area contributed by atoms with Crippen LogP contribution in [0.5, 0.6) is 0 Å². The molecule has 0 aliphatic carbocycles. The van der Waals surface area contributed by atoms with E-state index in [9.17, 15) is 4.39 Å². The van der Waals surface area contributed by atoms with Crippen LogP contribution >= 0.6 is 11.8 Å². The highest BCUT2D eigenvalue weighted by atomic mass is 32.2. The van der Waals surface area contributed by atoms with E-state index in [2.05, 4.69) is 19.2 Å². The van der Waals surface area contributed by atoms with Gasteiger partial charge in [-0.05, 0) is 31.2 Å². The lowest BCUT2D eigenvalue weighted by Crippen LogP contribution is -2.25. The minimum atomic E-state index is -0.0989. The van der Waals surface area contributed by atoms with Crippen LogP contribution in [0.4, 0.5) is 4.39 Å². The molecular weight excluding hydrogens is 233 g/mol. The Hall–Kier alpha value is -0.540. The van der Waals surface area contributed by atoms with Crippen molar-refractivity contribution in [3.05, 3.63) is 35.6 Å². The first kappa shape index (κ1) is 14.5. The second kappa shape index (κ2) is 8.54. The highest BCUT2D eigenvalue weighted by Crippen LogP contribution is 2.21. The van der Waals surface area contributed by atoms with E-state index in [0.29, 0.717) is 0 Å². The molecule has 3 heteroatoms. The normalized spacial score (nSPS) is 12.6. The van der Waals surface area contributed by atoms with Crippen molar-refractivity contribution in [3.8, 4) is 0 Å². The zero-order valence-electron chi connectivity index (χ0n) is 10.7. The molecule has 0 bridgehead atoms. The van der Waals surface area contributed by atoms with Gasteiger partial charge in [0.15, 0.2) is 0 Å². The van der Waals surface area contributed by atoms with Crippen molar-refractivity contribution in [2.24, 2.45) is 0 Å². The molecule has 0 aliphatic heterocycles. The second-order valence-corrected chi connectivity index (χ2v) is 5.25. The lowest BCUT2D eigenvalue weighted by molar-refractivity contribution is 0.532. The Labute approximate surface area is 108 Å². The number of halogens is 1. The molecule has 0 heterocycles. The van der Waals surface area contributed by atoms with Crippen molar-refractivity contribution in [1.29, 1.82) is 0 Å². The zero-order valence-corrected chi connectivity index (χ0v) is 11.5. The molecule has 0 spiro atoms.